The zero-order chi connectivity index (χ0) is 13.1. The molecule has 1 aromatic rings. The molecule has 0 heterocycles. The Labute approximate surface area is 109 Å². The lowest BCUT2D eigenvalue weighted by atomic mass is 9.87. The van der Waals surface area contributed by atoms with Gasteiger partial charge in [0.1, 0.15) is 5.75 Å². The summed E-state index contributed by atoms with van der Waals surface area (Å²) in [6.07, 6.45) is 6.62. The number of rotatable bonds is 3. The molecule has 0 aliphatic heterocycles. The van der Waals surface area contributed by atoms with Crippen molar-refractivity contribution in [1.82, 2.24) is 0 Å². The fourth-order valence-corrected chi connectivity index (χ4v) is 2.55. The number of allylic oxidation sites excluding steroid dienone is 5. The van der Waals surface area contributed by atoms with Crippen LogP contribution in [0.5, 0.6) is 5.75 Å². The summed E-state index contributed by atoms with van der Waals surface area (Å²) in [6.45, 7) is 8.56. The highest BCUT2D eigenvalue weighted by atomic mass is 16.3. The number of aromatic hydroxyl groups is 1. The Balaban J connectivity index is 2.08. The van der Waals surface area contributed by atoms with Gasteiger partial charge in [-0.3, -0.25) is 0 Å². The van der Waals surface area contributed by atoms with E-state index in [0.29, 0.717) is 11.7 Å². The number of hydrogen-bond acceptors (Lipinski definition) is 1. The second-order valence-electron chi connectivity index (χ2n) is 5.22. The van der Waals surface area contributed by atoms with Gasteiger partial charge in [0.05, 0.1) is 0 Å². The normalized spacial score (nSPS) is 19.1. The van der Waals surface area contributed by atoms with E-state index in [0.717, 1.165) is 24.0 Å². The molecular formula is C17H20O. The third kappa shape index (κ3) is 3.13. The van der Waals surface area contributed by atoms with Gasteiger partial charge in [-0.05, 0) is 49.0 Å². The number of benzene rings is 1. The van der Waals surface area contributed by atoms with E-state index in [4.69, 9.17) is 0 Å². The summed E-state index contributed by atoms with van der Waals surface area (Å²) in [5.41, 5.74) is 5.01. The van der Waals surface area contributed by atoms with E-state index in [1.165, 1.54) is 11.1 Å². The highest BCUT2D eigenvalue weighted by molar-refractivity contribution is 5.66. The zero-order valence-corrected chi connectivity index (χ0v) is 11.1. The first-order valence-electron chi connectivity index (χ1n) is 6.39. The molecule has 0 spiro atoms. The Kier molecular flexibility index (Phi) is 3.71. The maximum absolute atomic E-state index is 9.28. The molecule has 1 aromatic carbocycles. The molecular weight excluding hydrogens is 220 g/mol. The Bertz CT molecular complexity index is 503. The topological polar surface area (TPSA) is 20.2 Å². The quantitative estimate of drug-likeness (QED) is 0.811. The van der Waals surface area contributed by atoms with Gasteiger partial charge >= 0.3 is 0 Å². The fourth-order valence-electron chi connectivity index (χ4n) is 2.55. The van der Waals surface area contributed by atoms with Crippen LogP contribution in [0.3, 0.4) is 0 Å². The molecule has 1 N–H and O–H groups in total. The van der Waals surface area contributed by atoms with E-state index < -0.39 is 0 Å². The summed E-state index contributed by atoms with van der Waals surface area (Å²) in [4.78, 5) is 0. The van der Waals surface area contributed by atoms with Crippen LogP contribution in [0.1, 0.15) is 32.3 Å². The van der Waals surface area contributed by atoms with E-state index in [1.807, 2.05) is 12.1 Å². The molecule has 1 aliphatic rings. The van der Waals surface area contributed by atoms with Crippen molar-refractivity contribution >= 4 is 5.57 Å². The van der Waals surface area contributed by atoms with Gasteiger partial charge in [-0.25, -0.2) is 0 Å². The lowest BCUT2D eigenvalue weighted by molar-refractivity contribution is 0.475. The lowest BCUT2D eigenvalue weighted by Gasteiger charge is -2.18. The van der Waals surface area contributed by atoms with Crippen LogP contribution >= 0.6 is 0 Å². The summed E-state index contributed by atoms with van der Waals surface area (Å²) in [5, 5.41) is 9.28. The molecule has 1 aliphatic carbocycles. The Morgan fingerprint density at radius 2 is 2.00 bits per heavy atom. The molecule has 0 saturated heterocycles. The van der Waals surface area contributed by atoms with E-state index in [1.54, 1.807) is 12.1 Å². The molecule has 0 radical (unpaired) electrons. The minimum absolute atomic E-state index is 0.302. The molecule has 0 aromatic heterocycles. The first kappa shape index (κ1) is 12.7. The second-order valence-corrected chi connectivity index (χ2v) is 5.22. The Morgan fingerprint density at radius 1 is 1.33 bits per heavy atom. The minimum Gasteiger partial charge on any atom is -0.508 e. The van der Waals surface area contributed by atoms with Crippen molar-refractivity contribution < 1.29 is 5.11 Å². The van der Waals surface area contributed by atoms with Gasteiger partial charge in [0.25, 0.3) is 0 Å². The van der Waals surface area contributed by atoms with Crippen molar-refractivity contribution in [3.05, 3.63) is 59.7 Å². The van der Waals surface area contributed by atoms with Gasteiger partial charge in [0.15, 0.2) is 0 Å². The van der Waals surface area contributed by atoms with Gasteiger partial charge in [0.2, 0.25) is 0 Å². The van der Waals surface area contributed by atoms with Crippen molar-refractivity contribution in [1.29, 1.82) is 0 Å². The van der Waals surface area contributed by atoms with Crippen LogP contribution in [0.4, 0.5) is 0 Å². The molecule has 1 nitrogen and oxygen atoms in total. The molecule has 0 bridgehead atoms. The largest absolute Gasteiger partial charge is 0.508 e. The van der Waals surface area contributed by atoms with Crippen LogP contribution in [0.2, 0.25) is 0 Å². The highest BCUT2D eigenvalue weighted by Gasteiger charge is 2.11. The average Bonchev–Trinajstić information content (AvgIpc) is 2.28. The number of phenolic OH excluding ortho intramolecular Hbond substituents is 1. The summed E-state index contributed by atoms with van der Waals surface area (Å²) in [6, 6.07) is 7.27. The SMILES string of the molecule is C=C(CC1=CC(C)=CC(C)C1)c1ccc(O)cc1. The predicted molar refractivity (Wildman–Crippen MR) is 77.4 cm³/mol. The smallest absolute Gasteiger partial charge is 0.115 e. The van der Waals surface area contributed by atoms with Gasteiger partial charge in [-0.1, -0.05) is 48.9 Å². The lowest BCUT2D eigenvalue weighted by Crippen LogP contribution is -2.01. The van der Waals surface area contributed by atoms with Crippen molar-refractivity contribution in [2.24, 2.45) is 5.92 Å². The molecule has 2 rings (SSSR count). The van der Waals surface area contributed by atoms with Crippen LogP contribution in [-0.4, -0.2) is 5.11 Å². The first-order valence-corrected chi connectivity index (χ1v) is 6.39. The standard InChI is InChI=1S/C17H20O/c1-12-8-13(2)10-15(9-12)11-14(3)16-4-6-17(18)7-5-16/h4-9,13,18H,3,10-11H2,1-2H3. The van der Waals surface area contributed by atoms with Gasteiger partial charge in [0, 0.05) is 0 Å². The molecule has 94 valence electrons. The first-order chi connectivity index (χ1) is 8.54. The molecule has 1 atom stereocenters. The number of phenols is 1. The fraction of sp³-hybridized carbons (Fsp3) is 0.294. The average molecular weight is 240 g/mol. The van der Waals surface area contributed by atoms with Crippen LogP contribution in [0.25, 0.3) is 5.57 Å². The number of hydrogen-bond donors (Lipinski definition) is 1. The molecule has 1 unspecified atom stereocenters. The summed E-state index contributed by atoms with van der Waals surface area (Å²) < 4.78 is 0. The van der Waals surface area contributed by atoms with Crippen LogP contribution in [0.15, 0.2) is 54.1 Å². The Morgan fingerprint density at radius 3 is 2.61 bits per heavy atom. The summed E-state index contributed by atoms with van der Waals surface area (Å²) in [5.74, 6) is 0.924. The molecule has 0 fully saturated rings. The Hall–Kier alpha value is -1.76. The minimum atomic E-state index is 0.302. The van der Waals surface area contributed by atoms with Crippen LogP contribution in [0, 0.1) is 5.92 Å². The molecule has 0 saturated carbocycles. The van der Waals surface area contributed by atoms with Gasteiger partial charge in [-0.2, -0.15) is 0 Å². The van der Waals surface area contributed by atoms with Crippen molar-refractivity contribution in [2.75, 3.05) is 0 Å². The predicted octanol–water partition coefficient (Wildman–Crippen LogP) is 4.71. The van der Waals surface area contributed by atoms with Crippen LogP contribution < -0.4 is 0 Å². The maximum atomic E-state index is 9.28. The third-order valence-electron chi connectivity index (χ3n) is 3.28. The van der Waals surface area contributed by atoms with Crippen molar-refractivity contribution in [2.45, 2.75) is 26.7 Å². The third-order valence-corrected chi connectivity index (χ3v) is 3.28. The van der Waals surface area contributed by atoms with Gasteiger partial charge in [-0.15, -0.1) is 0 Å². The van der Waals surface area contributed by atoms with E-state index in [2.05, 4.69) is 32.6 Å². The monoisotopic (exact) mass is 240 g/mol. The highest BCUT2D eigenvalue weighted by Crippen LogP contribution is 2.30. The molecule has 0 amide bonds. The van der Waals surface area contributed by atoms with E-state index in [9.17, 15) is 5.11 Å². The van der Waals surface area contributed by atoms with Crippen LogP contribution in [-0.2, 0) is 0 Å². The summed E-state index contributed by atoms with van der Waals surface area (Å²) >= 11 is 0. The van der Waals surface area contributed by atoms with Crippen molar-refractivity contribution in [3.8, 4) is 5.75 Å². The molecule has 1 heteroatoms. The second kappa shape index (κ2) is 5.26. The van der Waals surface area contributed by atoms with Crippen molar-refractivity contribution in [3.63, 3.8) is 0 Å². The summed E-state index contributed by atoms with van der Waals surface area (Å²) in [7, 11) is 0. The van der Waals surface area contributed by atoms with E-state index >= 15 is 0 Å². The maximum Gasteiger partial charge on any atom is 0.115 e. The van der Waals surface area contributed by atoms with Gasteiger partial charge < -0.3 is 5.11 Å². The zero-order valence-electron chi connectivity index (χ0n) is 11.1. The molecule has 18 heavy (non-hydrogen) atoms. The van der Waals surface area contributed by atoms with E-state index in [-0.39, 0.29) is 0 Å².